The molecule has 0 bridgehead atoms. The van der Waals surface area contributed by atoms with Gasteiger partial charge in [-0.2, -0.15) is 4.98 Å². The zero-order chi connectivity index (χ0) is 20.8. The zero-order valence-electron chi connectivity index (χ0n) is 16.5. The van der Waals surface area contributed by atoms with Gasteiger partial charge in [0.2, 0.25) is 11.8 Å². The Morgan fingerprint density at radius 3 is 2.52 bits per heavy atom. The van der Waals surface area contributed by atoms with E-state index < -0.39 is 0 Å². The van der Waals surface area contributed by atoms with Gasteiger partial charge in [-0.3, -0.25) is 9.59 Å². The summed E-state index contributed by atoms with van der Waals surface area (Å²) in [5, 5.41) is 6.67. The van der Waals surface area contributed by atoms with E-state index >= 15 is 0 Å². The number of carbonyl (C=O) groups is 2. The molecule has 0 atom stereocenters. The van der Waals surface area contributed by atoms with Crippen LogP contribution in [0.5, 0.6) is 0 Å². The van der Waals surface area contributed by atoms with Crippen LogP contribution in [0.1, 0.15) is 27.6 Å². The Hall–Kier alpha value is -3.13. The Bertz CT molecular complexity index is 1000. The van der Waals surface area contributed by atoms with Gasteiger partial charge < -0.3 is 14.7 Å². The van der Waals surface area contributed by atoms with Gasteiger partial charge >= 0.3 is 0 Å². The van der Waals surface area contributed by atoms with E-state index in [0.29, 0.717) is 28.7 Å². The third kappa shape index (κ3) is 5.68. The minimum Gasteiger partial charge on any atom is -0.340 e. The summed E-state index contributed by atoms with van der Waals surface area (Å²) in [5.74, 6) is 1.08. The number of hydrogen-bond acceptors (Lipinski definition) is 6. The Balaban J connectivity index is 1.62. The number of carbonyl (C=O) groups excluding carboxylic acids is 2. The molecule has 1 aromatic heterocycles. The van der Waals surface area contributed by atoms with Gasteiger partial charge in [0, 0.05) is 24.6 Å². The monoisotopic (exact) mass is 410 g/mol. The first-order valence-electron chi connectivity index (χ1n) is 9.05. The van der Waals surface area contributed by atoms with Gasteiger partial charge in [0.25, 0.3) is 5.91 Å². The first-order valence-corrected chi connectivity index (χ1v) is 10.0. The smallest absolute Gasteiger partial charge is 0.255 e. The fraction of sp³-hybridized carbons (Fsp3) is 0.238. The van der Waals surface area contributed by atoms with Crippen LogP contribution in [0, 0.1) is 13.8 Å². The number of rotatable bonds is 7. The van der Waals surface area contributed by atoms with E-state index in [-0.39, 0.29) is 18.4 Å². The summed E-state index contributed by atoms with van der Waals surface area (Å²) in [7, 11) is 1.61. The molecule has 7 nitrogen and oxygen atoms in total. The largest absolute Gasteiger partial charge is 0.340 e. The molecule has 0 spiro atoms. The number of benzene rings is 2. The lowest BCUT2D eigenvalue weighted by Crippen LogP contribution is -2.35. The van der Waals surface area contributed by atoms with Crippen molar-refractivity contribution in [2.45, 2.75) is 24.5 Å². The van der Waals surface area contributed by atoms with Crippen LogP contribution in [-0.2, 0) is 10.5 Å². The number of thioether (sulfide) groups is 1. The Kier molecular flexibility index (Phi) is 6.66. The number of hydrogen-bond donors (Lipinski definition) is 1. The van der Waals surface area contributed by atoms with Gasteiger partial charge in [-0.15, -0.1) is 11.8 Å². The lowest BCUT2D eigenvalue weighted by Gasteiger charge is -2.18. The van der Waals surface area contributed by atoms with E-state index in [0.717, 1.165) is 10.5 Å². The predicted molar refractivity (Wildman–Crippen MR) is 112 cm³/mol. The molecule has 150 valence electrons. The Labute approximate surface area is 173 Å². The number of anilines is 1. The van der Waals surface area contributed by atoms with E-state index in [1.165, 1.54) is 16.7 Å². The zero-order valence-corrected chi connectivity index (χ0v) is 17.3. The summed E-state index contributed by atoms with van der Waals surface area (Å²) in [6, 6.07) is 14.8. The third-order valence-electron chi connectivity index (χ3n) is 4.11. The maximum absolute atomic E-state index is 12.9. The van der Waals surface area contributed by atoms with Crippen molar-refractivity contribution in [1.82, 2.24) is 15.0 Å². The third-order valence-corrected chi connectivity index (χ3v) is 5.18. The maximum atomic E-state index is 12.9. The minimum absolute atomic E-state index is 0.0459. The van der Waals surface area contributed by atoms with Crippen molar-refractivity contribution in [1.29, 1.82) is 0 Å². The van der Waals surface area contributed by atoms with Crippen LogP contribution in [0.2, 0.25) is 0 Å². The fourth-order valence-corrected chi connectivity index (χ4v) is 3.53. The van der Waals surface area contributed by atoms with Crippen LogP contribution in [0.3, 0.4) is 0 Å². The molecule has 0 saturated carbocycles. The van der Waals surface area contributed by atoms with Crippen molar-refractivity contribution >= 4 is 29.3 Å². The lowest BCUT2D eigenvalue weighted by molar-refractivity contribution is -0.116. The average molecular weight is 410 g/mol. The molecule has 1 heterocycles. The molecule has 8 heteroatoms. The van der Waals surface area contributed by atoms with Crippen molar-refractivity contribution in [3.05, 3.63) is 71.4 Å². The average Bonchev–Trinajstić information content (AvgIpc) is 3.13. The summed E-state index contributed by atoms with van der Waals surface area (Å²) in [6.45, 7) is 3.67. The summed E-state index contributed by atoms with van der Waals surface area (Å²) in [4.78, 5) is 31.6. The molecule has 3 aromatic rings. The molecular formula is C21H22N4O3S. The van der Waals surface area contributed by atoms with Gasteiger partial charge in [0.15, 0.2) is 5.82 Å². The number of likely N-dealkylation sites (N-methyl/N-ethyl adjacent to an activating group) is 1. The van der Waals surface area contributed by atoms with Crippen molar-refractivity contribution in [3.8, 4) is 0 Å². The van der Waals surface area contributed by atoms with Gasteiger partial charge in [-0.25, -0.2) is 0 Å². The highest BCUT2D eigenvalue weighted by Crippen LogP contribution is 2.26. The maximum Gasteiger partial charge on any atom is 0.255 e. The van der Waals surface area contributed by atoms with E-state index in [4.69, 9.17) is 4.52 Å². The first kappa shape index (κ1) is 20.6. The van der Waals surface area contributed by atoms with Crippen molar-refractivity contribution in [2.24, 2.45) is 0 Å². The second kappa shape index (κ2) is 9.38. The van der Waals surface area contributed by atoms with E-state index in [2.05, 4.69) is 15.5 Å². The molecular weight excluding hydrogens is 388 g/mol. The molecule has 0 radical (unpaired) electrons. The van der Waals surface area contributed by atoms with Crippen LogP contribution < -0.4 is 5.32 Å². The Morgan fingerprint density at radius 1 is 1.10 bits per heavy atom. The normalized spacial score (nSPS) is 10.6. The highest BCUT2D eigenvalue weighted by molar-refractivity contribution is 7.98. The van der Waals surface area contributed by atoms with Gasteiger partial charge in [-0.1, -0.05) is 35.0 Å². The highest BCUT2D eigenvalue weighted by atomic mass is 32.2. The Morgan fingerprint density at radius 2 is 1.83 bits per heavy atom. The minimum atomic E-state index is -0.253. The molecule has 2 aromatic carbocycles. The standard InChI is InChI=1S/C21H22N4O3S/c1-14-8-10-16(11-9-14)23-20(26)12-25(3)21(27)17-6-4-5-7-18(17)29-13-19-22-15(2)28-24-19/h4-11H,12-13H2,1-3H3,(H,23,26). The van der Waals surface area contributed by atoms with Crippen LogP contribution in [-0.4, -0.2) is 40.4 Å². The molecule has 3 rings (SSSR count). The predicted octanol–water partition coefficient (Wildman–Crippen LogP) is 3.69. The fourth-order valence-electron chi connectivity index (χ4n) is 2.64. The van der Waals surface area contributed by atoms with Crippen molar-refractivity contribution in [2.75, 3.05) is 18.9 Å². The molecule has 1 N–H and O–H groups in total. The molecule has 0 aliphatic rings. The highest BCUT2D eigenvalue weighted by Gasteiger charge is 2.18. The summed E-state index contributed by atoms with van der Waals surface area (Å²) in [6.07, 6.45) is 0. The number of aryl methyl sites for hydroxylation is 2. The second-order valence-electron chi connectivity index (χ2n) is 6.59. The van der Waals surface area contributed by atoms with E-state index in [1.54, 1.807) is 26.1 Å². The van der Waals surface area contributed by atoms with Gasteiger partial charge in [0.05, 0.1) is 17.9 Å². The number of amides is 2. The number of nitrogens with zero attached hydrogens (tertiary/aromatic N) is 3. The molecule has 0 aliphatic carbocycles. The van der Waals surface area contributed by atoms with Crippen LogP contribution in [0.15, 0.2) is 57.9 Å². The summed E-state index contributed by atoms with van der Waals surface area (Å²) in [5.41, 5.74) is 2.34. The van der Waals surface area contributed by atoms with Crippen molar-refractivity contribution < 1.29 is 14.1 Å². The first-order chi connectivity index (χ1) is 13.9. The van der Waals surface area contributed by atoms with Crippen LogP contribution in [0.4, 0.5) is 5.69 Å². The molecule has 0 unspecified atom stereocenters. The summed E-state index contributed by atoms with van der Waals surface area (Å²) < 4.78 is 4.97. The van der Waals surface area contributed by atoms with Crippen LogP contribution in [0.25, 0.3) is 0 Å². The summed E-state index contributed by atoms with van der Waals surface area (Å²) >= 11 is 1.45. The topological polar surface area (TPSA) is 88.3 Å². The molecule has 0 fully saturated rings. The SMILES string of the molecule is Cc1ccc(NC(=O)CN(C)C(=O)c2ccccc2SCc2noc(C)n2)cc1. The van der Waals surface area contributed by atoms with E-state index in [9.17, 15) is 9.59 Å². The quantitative estimate of drug-likeness (QED) is 0.598. The molecule has 0 saturated heterocycles. The van der Waals surface area contributed by atoms with Gasteiger partial charge in [0.1, 0.15) is 0 Å². The molecule has 0 aliphatic heterocycles. The lowest BCUT2D eigenvalue weighted by atomic mass is 10.2. The van der Waals surface area contributed by atoms with E-state index in [1.807, 2.05) is 43.3 Å². The van der Waals surface area contributed by atoms with Crippen molar-refractivity contribution in [3.63, 3.8) is 0 Å². The molecule has 2 amide bonds. The second-order valence-corrected chi connectivity index (χ2v) is 7.61. The van der Waals surface area contributed by atoms with Gasteiger partial charge in [-0.05, 0) is 31.2 Å². The molecule has 29 heavy (non-hydrogen) atoms. The number of nitrogens with one attached hydrogen (secondary N) is 1. The number of aromatic nitrogens is 2. The van der Waals surface area contributed by atoms with Crippen LogP contribution >= 0.6 is 11.8 Å².